The monoisotopic (exact) mass is 165 g/mol. The first-order chi connectivity index (χ1) is 5.81. The van der Waals surface area contributed by atoms with Gasteiger partial charge in [-0.3, -0.25) is 10.7 Å². The van der Waals surface area contributed by atoms with Crippen molar-refractivity contribution in [2.45, 2.75) is 6.92 Å². The molecule has 0 radical (unpaired) electrons. The van der Waals surface area contributed by atoms with Crippen molar-refractivity contribution in [3.8, 4) is 0 Å². The highest BCUT2D eigenvalue weighted by atomic mass is 16.5. The first-order valence-corrected chi connectivity index (χ1v) is 3.39. The van der Waals surface area contributed by atoms with Crippen LogP contribution in [0, 0.1) is 6.92 Å². The standard InChI is InChI=1S/C6H7N5O/c1-3-9-5-4(7-2-8-5)6(10-3)11-12/h2,12H,1H3,(H2,7,8,9,10,11). The number of imidazole rings is 1. The predicted octanol–water partition coefficient (Wildman–Crippen LogP) is 0.462. The van der Waals surface area contributed by atoms with Crippen molar-refractivity contribution in [3.63, 3.8) is 0 Å². The Morgan fingerprint density at radius 2 is 2.33 bits per heavy atom. The summed E-state index contributed by atoms with van der Waals surface area (Å²) < 4.78 is 0. The van der Waals surface area contributed by atoms with Crippen LogP contribution in [-0.2, 0) is 0 Å². The largest absolute Gasteiger partial charge is 0.340 e. The number of aryl methyl sites for hydroxylation is 1. The zero-order valence-electron chi connectivity index (χ0n) is 6.37. The maximum absolute atomic E-state index is 8.69. The van der Waals surface area contributed by atoms with Crippen LogP contribution < -0.4 is 5.48 Å². The van der Waals surface area contributed by atoms with Gasteiger partial charge in [-0.2, -0.15) is 0 Å². The third kappa shape index (κ3) is 0.892. The van der Waals surface area contributed by atoms with E-state index in [1.54, 1.807) is 6.92 Å². The molecule has 0 amide bonds. The maximum atomic E-state index is 8.69. The van der Waals surface area contributed by atoms with Crippen LogP contribution in [0.15, 0.2) is 6.33 Å². The van der Waals surface area contributed by atoms with E-state index in [4.69, 9.17) is 5.21 Å². The Morgan fingerprint density at radius 3 is 3.08 bits per heavy atom. The Morgan fingerprint density at radius 1 is 1.50 bits per heavy atom. The third-order valence-corrected chi connectivity index (χ3v) is 1.50. The second kappa shape index (κ2) is 2.42. The summed E-state index contributed by atoms with van der Waals surface area (Å²) in [6.45, 7) is 1.73. The molecule has 0 aliphatic rings. The second-order valence-corrected chi connectivity index (χ2v) is 2.33. The Balaban J connectivity index is 2.80. The average molecular weight is 165 g/mol. The van der Waals surface area contributed by atoms with Crippen LogP contribution in [0.5, 0.6) is 0 Å². The van der Waals surface area contributed by atoms with Crippen molar-refractivity contribution >= 4 is 17.0 Å². The van der Waals surface area contributed by atoms with Gasteiger partial charge in [-0.25, -0.2) is 15.0 Å². The summed E-state index contributed by atoms with van der Waals surface area (Å²) in [7, 11) is 0. The molecule has 0 aliphatic carbocycles. The molecule has 0 saturated carbocycles. The summed E-state index contributed by atoms with van der Waals surface area (Å²) in [6, 6.07) is 0. The fourth-order valence-corrected chi connectivity index (χ4v) is 1.02. The number of aromatic amines is 1. The number of anilines is 1. The minimum absolute atomic E-state index is 0.343. The fourth-order valence-electron chi connectivity index (χ4n) is 1.02. The van der Waals surface area contributed by atoms with Crippen LogP contribution in [0.25, 0.3) is 11.2 Å². The molecule has 0 bridgehead atoms. The van der Waals surface area contributed by atoms with Gasteiger partial charge in [0.15, 0.2) is 11.5 Å². The molecule has 62 valence electrons. The SMILES string of the molecule is Cc1nc(NO)c2[nH]cnc2n1. The smallest absolute Gasteiger partial charge is 0.183 e. The molecule has 6 heteroatoms. The molecular weight excluding hydrogens is 158 g/mol. The van der Waals surface area contributed by atoms with E-state index in [0.717, 1.165) is 0 Å². The van der Waals surface area contributed by atoms with Gasteiger partial charge in [-0.15, -0.1) is 0 Å². The molecule has 2 heterocycles. The van der Waals surface area contributed by atoms with Gasteiger partial charge in [0.1, 0.15) is 11.3 Å². The predicted molar refractivity (Wildman–Crippen MR) is 41.8 cm³/mol. The topological polar surface area (TPSA) is 86.7 Å². The van der Waals surface area contributed by atoms with E-state index < -0.39 is 0 Å². The minimum atomic E-state index is 0.343. The molecule has 2 rings (SSSR count). The number of rotatable bonds is 1. The normalized spacial score (nSPS) is 10.5. The molecule has 12 heavy (non-hydrogen) atoms. The zero-order chi connectivity index (χ0) is 8.55. The van der Waals surface area contributed by atoms with Crippen LogP contribution in [-0.4, -0.2) is 25.1 Å². The van der Waals surface area contributed by atoms with Crippen molar-refractivity contribution in [2.24, 2.45) is 0 Å². The van der Waals surface area contributed by atoms with E-state index in [1.165, 1.54) is 6.33 Å². The summed E-state index contributed by atoms with van der Waals surface area (Å²) in [5.74, 6) is 0.904. The molecule has 0 saturated heterocycles. The van der Waals surface area contributed by atoms with Gasteiger partial charge in [0.25, 0.3) is 0 Å². The highest BCUT2D eigenvalue weighted by molar-refractivity contribution is 5.81. The number of aromatic nitrogens is 4. The first-order valence-electron chi connectivity index (χ1n) is 3.39. The Kier molecular flexibility index (Phi) is 1.41. The van der Waals surface area contributed by atoms with Gasteiger partial charge in [0.2, 0.25) is 0 Å². The van der Waals surface area contributed by atoms with E-state index in [-0.39, 0.29) is 0 Å². The van der Waals surface area contributed by atoms with Crippen LogP contribution >= 0.6 is 0 Å². The second-order valence-electron chi connectivity index (χ2n) is 2.33. The highest BCUT2D eigenvalue weighted by Crippen LogP contribution is 2.14. The van der Waals surface area contributed by atoms with Crippen molar-refractivity contribution in [2.75, 3.05) is 5.48 Å². The molecule has 0 aliphatic heterocycles. The number of nitrogens with zero attached hydrogens (tertiary/aromatic N) is 3. The molecule has 0 aromatic carbocycles. The summed E-state index contributed by atoms with van der Waals surface area (Å²) in [6.07, 6.45) is 1.50. The quantitative estimate of drug-likeness (QED) is 0.534. The van der Waals surface area contributed by atoms with Gasteiger partial charge < -0.3 is 4.98 Å². The van der Waals surface area contributed by atoms with Crippen LogP contribution in [0.1, 0.15) is 5.82 Å². The highest BCUT2D eigenvalue weighted by Gasteiger charge is 2.05. The lowest BCUT2D eigenvalue weighted by atomic mass is 10.5. The molecule has 3 N–H and O–H groups in total. The summed E-state index contributed by atoms with van der Waals surface area (Å²) in [5, 5.41) is 8.69. The van der Waals surface area contributed by atoms with Crippen molar-refractivity contribution in [1.29, 1.82) is 0 Å². The molecular formula is C6H7N5O. The summed E-state index contributed by atoms with van der Waals surface area (Å²) in [5.41, 5.74) is 3.12. The minimum Gasteiger partial charge on any atom is -0.340 e. The van der Waals surface area contributed by atoms with Crippen LogP contribution in [0.4, 0.5) is 5.82 Å². The number of H-pyrrole nitrogens is 1. The molecule has 0 atom stereocenters. The van der Waals surface area contributed by atoms with Gasteiger partial charge in [-0.05, 0) is 6.92 Å². The molecule has 0 fully saturated rings. The lowest BCUT2D eigenvalue weighted by Gasteiger charge is -1.98. The zero-order valence-corrected chi connectivity index (χ0v) is 6.37. The van der Waals surface area contributed by atoms with E-state index in [1.807, 2.05) is 5.48 Å². The van der Waals surface area contributed by atoms with Gasteiger partial charge in [-0.1, -0.05) is 0 Å². The van der Waals surface area contributed by atoms with Crippen molar-refractivity contribution < 1.29 is 5.21 Å². The molecule has 0 spiro atoms. The van der Waals surface area contributed by atoms with E-state index in [2.05, 4.69) is 19.9 Å². The number of fused-ring (bicyclic) bond motifs is 1. The fraction of sp³-hybridized carbons (Fsp3) is 0.167. The van der Waals surface area contributed by atoms with Crippen LogP contribution in [0.2, 0.25) is 0 Å². The first kappa shape index (κ1) is 6.99. The van der Waals surface area contributed by atoms with Crippen molar-refractivity contribution in [1.82, 2.24) is 19.9 Å². The van der Waals surface area contributed by atoms with Crippen molar-refractivity contribution in [3.05, 3.63) is 12.2 Å². The number of nitrogens with one attached hydrogen (secondary N) is 2. The number of hydrogen-bond acceptors (Lipinski definition) is 5. The number of hydrogen-bond donors (Lipinski definition) is 3. The Hall–Kier alpha value is -1.69. The van der Waals surface area contributed by atoms with E-state index in [9.17, 15) is 0 Å². The maximum Gasteiger partial charge on any atom is 0.183 e. The van der Waals surface area contributed by atoms with E-state index >= 15 is 0 Å². The Bertz CT molecular complexity index is 409. The summed E-state index contributed by atoms with van der Waals surface area (Å²) >= 11 is 0. The van der Waals surface area contributed by atoms with Gasteiger partial charge in [0, 0.05) is 0 Å². The average Bonchev–Trinajstić information content (AvgIpc) is 2.50. The van der Waals surface area contributed by atoms with Gasteiger partial charge in [0.05, 0.1) is 6.33 Å². The summed E-state index contributed by atoms with van der Waals surface area (Å²) in [4.78, 5) is 14.7. The molecule has 2 aromatic rings. The van der Waals surface area contributed by atoms with Crippen LogP contribution in [0.3, 0.4) is 0 Å². The lowest BCUT2D eigenvalue weighted by molar-refractivity contribution is 0.386. The van der Waals surface area contributed by atoms with E-state index in [0.29, 0.717) is 22.8 Å². The Labute approximate surface area is 67.6 Å². The molecule has 2 aromatic heterocycles. The lowest BCUT2D eigenvalue weighted by Crippen LogP contribution is -1.98. The third-order valence-electron chi connectivity index (χ3n) is 1.50. The molecule has 6 nitrogen and oxygen atoms in total. The molecule has 0 unspecified atom stereocenters. The van der Waals surface area contributed by atoms with Gasteiger partial charge >= 0.3 is 0 Å².